The third-order valence-electron chi connectivity index (χ3n) is 3.79. The van der Waals surface area contributed by atoms with Crippen molar-refractivity contribution < 1.29 is 13.2 Å². The molecule has 1 N–H and O–H groups in total. The van der Waals surface area contributed by atoms with Gasteiger partial charge in [0.25, 0.3) is 0 Å². The molecule has 0 aromatic rings. The van der Waals surface area contributed by atoms with Crippen LogP contribution in [0.5, 0.6) is 0 Å². The smallest absolute Gasteiger partial charge is 0.159 e. The Morgan fingerprint density at radius 1 is 1.25 bits per heavy atom. The van der Waals surface area contributed by atoms with E-state index in [1.165, 1.54) is 0 Å². The Morgan fingerprint density at radius 2 is 1.94 bits per heavy atom. The summed E-state index contributed by atoms with van der Waals surface area (Å²) in [5.74, 6) is 0. The lowest BCUT2D eigenvalue weighted by atomic mass is 9.99. The van der Waals surface area contributed by atoms with Gasteiger partial charge in [-0.1, -0.05) is 0 Å². The quantitative estimate of drug-likeness (QED) is 0.685. The Bertz CT molecular complexity index is 354. The first kappa shape index (κ1) is 12.3. The zero-order chi connectivity index (χ0) is 11.9. The van der Waals surface area contributed by atoms with Gasteiger partial charge < -0.3 is 10.1 Å². The molecule has 0 aromatic heterocycles. The summed E-state index contributed by atoms with van der Waals surface area (Å²) in [5.41, 5.74) is 0. The molecule has 5 atom stereocenters. The average Bonchev–Trinajstić information content (AvgIpc) is 2.24. The topological polar surface area (TPSA) is 55.4 Å². The number of hydrogen-bond donors (Lipinski definition) is 1. The highest BCUT2D eigenvalue weighted by molar-refractivity contribution is 7.92. The molecule has 0 aromatic carbocycles. The van der Waals surface area contributed by atoms with Gasteiger partial charge in [-0.15, -0.1) is 0 Å². The van der Waals surface area contributed by atoms with Crippen molar-refractivity contribution in [2.24, 2.45) is 0 Å². The minimum absolute atomic E-state index is 0.0636. The molecule has 2 heterocycles. The van der Waals surface area contributed by atoms with Crippen molar-refractivity contribution in [3.63, 3.8) is 0 Å². The maximum Gasteiger partial charge on any atom is 0.159 e. The zero-order valence-corrected chi connectivity index (χ0v) is 11.0. The number of rotatable bonds is 0. The maximum absolute atomic E-state index is 12.4. The van der Waals surface area contributed by atoms with Crippen molar-refractivity contribution >= 4 is 9.84 Å². The van der Waals surface area contributed by atoms with Crippen molar-refractivity contribution in [1.29, 1.82) is 0 Å². The van der Waals surface area contributed by atoms with Gasteiger partial charge in [0.2, 0.25) is 0 Å². The summed E-state index contributed by atoms with van der Waals surface area (Å²) in [6, 6.07) is 0.0636. The van der Waals surface area contributed by atoms with Gasteiger partial charge in [0.1, 0.15) is 5.25 Å². The number of fused-ring (bicyclic) bond motifs is 1. The molecule has 5 heteroatoms. The van der Waals surface area contributed by atoms with E-state index < -0.39 is 9.84 Å². The fourth-order valence-electron chi connectivity index (χ4n) is 2.92. The fourth-order valence-corrected chi connectivity index (χ4v) is 5.16. The van der Waals surface area contributed by atoms with Crippen LogP contribution in [0.1, 0.15) is 33.6 Å². The zero-order valence-electron chi connectivity index (χ0n) is 10.1. The lowest BCUT2D eigenvalue weighted by molar-refractivity contribution is -0.0383. The van der Waals surface area contributed by atoms with E-state index in [9.17, 15) is 8.42 Å². The third-order valence-corrected chi connectivity index (χ3v) is 6.62. The van der Waals surface area contributed by atoms with Crippen LogP contribution < -0.4 is 5.32 Å². The molecule has 0 amide bonds. The molecule has 94 valence electrons. The molecule has 0 aliphatic carbocycles. The predicted molar refractivity (Wildman–Crippen MR) is 63.2 cm³/mol. The number of nitrogens with one attached hydrogen (secondary N) is 1. The molecule has 0 saturated carbocycles. The van der Waals surface area contributed by atoms with Gasteiger partial charge >= 0.3 is 0 Å². The maximum atomic E-state index is 12.4. The van der Waals surface area contributed by atoms with Crippen LogP contribution in [-0.4, -0.2) is 43.7 Å². The van der Waals surface area contributed by atoms with Crippen molar-refractivity contribution in [2.45, 2.75) is 62.4 Å². The number of ether oxygens (including phenoxy) is 1. The van der Waals surface area contributed by atoms with E-state index >= 15 is 0 Å². The molecular formula is C11H21NO3S. The molecule has 4 nitrogen and oxygen atoms in total. The van der Waals surface area contributed by atoms with Crippen LogP contribution in [0.4, 0.5) is 0 Å². The Morgan fingerprint density at radius 3 is 2.62 bits per heavy atom. The van der Waals surface area contributed by atoms with Gasteiger partial charge in [-0.3, -0.25) is 0 Å². The molecule has 2 aliphatic heterocycles. The van der Waals surface area contributed by atoms with E-state index in [2.05, 4.69) is 5.32 Å². The Labute approximate surface area is 97.7 Å². The van der Waals surface area contributed by atoms with Crippen LogP contribution in [0.15, 0.2) is 0 Å². The second kappa shape index (κ2) is 4.27. The van der Waals surface area contributed by atoms with Crippen LogP contribution >= 0.6 is 0 Å². The lowest BCUT2D eigenvalue weighted by Gasteiger charge is -2.38. The molecule has 0 spiro atoms. The Hall–Kier alpha value is -0.130. The normalized spacial score (nSPS) is 48.1. The number of sulfone groups is 1. The second-order valence-corrected chi connectivity index (χ2v) is 7.63. The van der Waals surface area contributed by atoms with Crippen LogP contribution in [0.25, 0.3) is 0 Å². The van der Waals surface area contributed by atoms with Gasteiger partial charge in [-0.2, -0.15) is 0 Å². The van der Waals surface area contributed by atoms with Gasteiger partial charge in [-0.05, 0) is 40.2 Å². The predicted octanol–water partition coefficient (Wildman–Crippen LogP) is 0.717. The molecular weight excluding hydrogens is 226 g/mol. The molecule has 16 heavy (non-hydrogen) atoms. The highest BCUT2D eigenvalue weighted by Crippen LogP contribution is 2.30. The van der Waals surface area contributed by atoms with E-state index in [1.807, 2.05) is 20.8 Å². The van der Waals surface area contributed by atoms with Crippen molar-refractivity contribution in [3.8, 4) is 0 Å². The van der Waals surface area contributed by atoms with Crippen LogP contribution in [0, 0.1) is 0 Å². The molecule has 0 radical (unpaired) electrons. The standard InChI is InChI=1S/C11H21NO3S/c1-7-6-10-11(9(3)15-7)16(13,14)8(2)4-5-12-10/h7-12H,4-6H2,1-3H3. The summed E-state index contributed by atoms with van der Waals surface area (Å²) in [6.45, 7) is 6.49. The molecule has 2 aliphatic rings. The summed E-state index contributed by atoms with van der Waals surface area (Å²) in [6.07, 6.45) is 1.44. The molecule has 0 bridgehead atoms. The molecule has 2 fully saturated rings. The summed E-state index contributed by atoms with van der Waals surface area (Å²) in [7, 11) is -3.06. The van der Waals surface area contributed by atoms with Crippen LogP contribution in [0.2, 0.25) is 0 Å². The summed E-state index contributed by atoms with van der Waals surface area (Å²) in [4.78, 5) is 0. The first-order valence-electron chi connectivity index (χ1n) is 6.04. The summed E-state index contributed by atoms with van der Waals surface area (Å²) >= 11 is 0. The van der Waals surface area contributed by atoms with Gasteiger partial charge in [0.15, 0.2) is 9.84 Å². The van der Waals surface area contributed by atoms with Gasteiger partial charge in [-0.25, -0.2) is 8.42 Å². The van der Waals surface area contributed by atoms with E-state index in [1.54, 1.807) is 0 Å². The van der Waals surface area contributed by atoms with Gasteiger partial charge in [0, 0.05) is 6.04 Å². The van der Waals surface area contributed by atoms with E-state index in [0.29, 0.717) is 6.42 Å². The van der Waals surface area contributed by atoms with E-state index in [4.69, 9.17) is 4.74 Å². The van der Waals surface area contributed by atoms with Gasteiger partial charge in [0.05, 0.1) is 17.5 Å². The first-order chi connectivity index (χ1) is 7.43. The van der Waals surface area contributed by atoms with E-state index in [-0.39, 0.29) is 28.7 Å². The molecule has 5 unspecified atom stereocenters. The lowest BCUT2D eigenvalue weighted by Crippen LogP contribution is -2.55. The molecule has 2 saturated heterocycles. The minimum atomic E-state index is -3.06. The largest absolute Gasteiger partial charge is 0.374 e. The van der Waals surface area contributed by atoms with E-state index in [0.717, 1.165) is 13.0 Å². The summed E-state index contributed by atoms with van der Waals surface area (Å²) < 4.78 is 30.4. The SMILES string of the molecule is CC1CC2NCCC(C)S(=O)(=O)C2C(C)O1. The van der Waals surface area contributed by atoms with Crippen LogP contribution in [-0.2, 0) is 14.6 Å². The van der Waals surface area contributed by atoms with Crippen LogP contribution in [0.3, 0.4) is 0 Å². The Kier molecular flexibility index (Phi) is 3.29. The highest BCUT2D eigenvalue weighted by Gasteiger charge is 2.46. The number of hydrogen-bond acceptors (Lipinski definition) is 4. The van der Waals surface area contributed by atoms with Crippen molar-refractivity contribution in [2.75, 3.05) is 6.54 Å². The van der Waals surface area contributed by atoms with Crippen molar-refractivity contribution in [3.05, 3.63) is 0 Å². The highest BCUT2D eigenvalue weighted by atomic mass is 32.2. The first-order valence-corrected chi connectivity index (χ1v) is 7.65. The Balaban J connectivity index is 2.33. The monoisotopic (exact) mass is 247 g/mol. The average molecular weight is 247 g/mol. The second-order valence-electron chi connectivity index (χ2n) is 5.10. The summed E-state index contributed by atoms with van der Waals surface area (Å²) in [5, 5.41) is 2.74. The van der Waals surface area contributed by atoms with Crippen molar-refractivity contribution in [1.82, 2.24) is 5.32 Å². The minimum Gasteiger partial charge on any atom is -0.374 e. The third kappa shape index (κ3) is 2.00. The fraction of sp³-hybridized carbons (Fsp3) is 1.00. The molecule has 2 rings (SSSR count).